The fraction of sp³-hybridized carbons (Fsp3) is 0.923. The molecule has 1 amide bonds. The van der Waals surface area contributed by atoms with Crippen molar-refractivity contribution in [2.24, 2.45) is 0 Å². The van der Waals surface area contributed by atoms with Crippen LogP contribution in [0.1, 0.15) is 32.1 Å². The van der Waals surface area contributed by atoms with E-state index in [1.807, 2.05) is 30.8 Å². The molecular weight excluding hydrogens is 232 g/mol. The van der Waals surface area contributed by atoms with Gasteiger partial charge in [-0.15, -0.1) is 0 Å². The first-order valence-electron chi connectivity index (χ1n) is 6.58. The first-order chi connectivity index (χ1) is 8.15. The number of amides is 1. The van der Waals surface area contributed by atoms with Crippen molar-refractivity contribution in [3.05, 3.63) is 0 Å². The highest BCUT2D eigenvalue weighted by Gasteiger charge is 2.22. The molecule has 1 saturated carbocycles. The van der Waals surface area contributed by atoms with E-state index in [-0.39, 0.29) is 5.91 Å². The molecule has 0 spiro atoms. The second kappa shape index (κ2) is 7.98. The monoisotopic (exact) mass is 258 g/mol. The summed E-state index contributed by atoms with van der Waals surface area (Å²) in [7, 11) is 4.00. The summed E-state index contributed by atoms with van der Waals surface area (Å²) in [5.74, 6) is 1.37. The molecule has 0 bridgehead atoms. The van der Waals surface area contributed by atoms with Crippen molar-refractivity contribution in [2.45, 2.75) is 38.1 Å². The van der Waals surface area contributed by atoms with Crippen LogP contribution in [0.15, 0.2) is 0 Å². The van der Waals surface area contributed by atoms with Gasteiger partial charge in [0.15, 0.2) is 0 Å². The van der Waals surface area contributed by atoms with Crippen LogP contribution in [0.2, 0.25) is 0 Å². The molecule has 1 aliphatic rings. The van der Waals surface area contributed by atoms with E-state index in [1.54, 1.807) is 0 Å². The predicted octanol–water partition coefficient (Wildman–Crippen LogP) is 2.07. The Morgan fingerprint density at radius 1 is 1.24 bits per heavy atom. The summed E-state index contributed by atoms with van der Waals surface area (Å²) in [6.45, 7) is 1.55. The number of rotatable bonds is 6. The van der Waals surface area contributed by atoms with Gasteiger partial charge in [-0.3, -0.25) is 9.69 Å². The molecule has 0 radical (unpaired) electrons. The number of hydrogen-bond acceptors (Lipinski definition) is 3. The van der Waals surface area contributed by atoms with Crippen molar-refractivity contribution in [3.8, 4) is 0 Å². The average molecular weight is 258 g/mol. The van der Waals surface area contributed by atoms with Crippen LogP contribution in [-0.2, 0) is 4.79 Å². The average Bonchev–Trinajstić information content (AvgIpc) is 2.36. The molecule has 3 nitrogen and oxygen atoms in total. The standard InChI is InChI=1S/C13H26N2OS/c1-14(9-10-17-3)11-13(16)15(2)12-7-5-4-6-8-12/h12H,4-11H2,1-3H3. The molecule has 0 aliphatic heterocycles. The topological polar surface area (TPSA) is 23.6 Å². The highest BCUT2D eigenvalue weighted by atomic mass is 32.2. The fourth-order valence-electron chi connectivity index (χ4n) is 2.34. The quantitative estimate of drug-likeness (QED) is 0.729. The van der Waals surface area contributed by atoms with Crippen LogP contribution in [0, 0.1) is 0 Å². The molecule has 0 aromatic carbocycles. The summed E-state index contributed by atoms with van der Waals surface area (Å²) in [5, 5.41) is 0. The Kier molecular flexibility index (Phi) is 6.97. The van der Waals surface area contributed by atoms with E-state index in [0.29, 0.717) is 12.6 Å². The zero-order chi connectivity index (χ0) is 12.7. The van der Waals surface area contributed by atoms with E-state index in [9.17, 15) is 4.79 Å². The third-order valence-corrected chi connectivity index (χ3v) is 4.19. The molecule has 0 heterocycles. The second-order valence-electron chi connectivity index (χ2n) is 5.03. The Labute approximate surface area is 110 Å². The van der Waals surface area contributed by atoms with Crippen LogP contribution in [-0.4, -0.2) is 60.9 Å². The molecule has 0 saturated heterocycles. The lowest BCUT2D eigenvalue weighted by Crippen LogP contribution is -2.43. The number of carbonyl (C=O) groups is 1. The summed E-state index contributed by atoms with van der Waals surface area (Å²) in [4.78, 5) is 16.2. The van der Waals surface area contributed by atoms with Crippen LogP contribution in [0.4, 0.5) is 0 Å². The third-order valence-electron chi connectivity index (χ3n) is 3.60. The van der Waals surface area contributed by atoms with Crippen molar-refractivity contribution in [2.75, 3.05) is 39.2 Å². The number of nitrogens with zero attached hydrogens (tertiary/aromatic N) is 2. The van der Waals surface area contributed by atoms with Crippen molar-refractivity contribution in [3.63, 3.8) is 0 Å². The van der Waals surface area contributed by atoms with Gasteiger partial charge in [0.25, 0.3) is 0 Å². The van der Waals surface area contributed by atoms with Crippen molar-refractivity contribution >= 4 is 17.7 Å². The van der Waals surface area contributed by atoms with Gasteiger partial charge in [-0.1, -0.05) is 19.3 Å². The smallest absolute Gasteiger partial charge is 0.236 e. The molecule has 1 aliphatic carbocycles. The molecule has 0 N–H and O–H groups in total. The SMILES string of the molecule is CSCCN(C)CC(=O)N(C)C1CCCCC1. The van der Waals surface area contributed by atoms with E-state index in [0.717, 1.165) is 12.3 Å². The van der Waals surface area contributed by atoms with E-state index in [1.165, 1.54) is 32.1 Å². The zero-order valence-corrected chi connectivity index (χ0v) is 12.3. The van der Waals surface area contributed by atoms with Crippen LogP contribution in [0.25, 0.3) is 0 Å². The van der Waals surface area contributed by atoms with Gasteiger partial charge in [0.2, 0.25) is 5.91 Å². The first-order valence-corrected chi connectivity index (χ1v) is 7.97. The Hall–Kier alpha value is -0.220. The normalized spacial score (nSPS) is 17.4. The van der Waals surface area contributed by atoms with Crippen LogP contribution in [0.5, 0.6) is 0 Å². The highest BCUT2D eigenvalue weighted by molar-refractivity contribution is 7.98. The lowest BCUT2D eigenvalue weighted by atomic mass is 9.94. The molecule has 0 aromatic heterocycles. The largest absolute Gasteiger partial charge is 0.342 e. The molecule has 17 heavy (non-hydrogen) atoms. The van der Waals surface area contributed by atoms with Gasteiger partial charge in [0.05, 0.1) is 6.54 Å². The van der Waals surface area contributed by atoms with Crippen molar-refractivity contribution in [1.29, 1.82) is 0 Å². The van der Waals surface area contributed by atoms with Gasteiger partial charge >= 0.3 is 0 Å². The lowest BCUT2D eigenvalue weighted by molar-refractivity contribution is -0.133. The molecule has 4 heteroatoms. The summed E-state index contributed by atoms with van der Waals surface area (Å²) >= 11 is 1.83. The molecule has 100 valence electrons. The number of hydrogen-bond donors (Lipinski definition) is 0. The fourth-order valence-corrected chi connectivity index (χ4v) is 2.83. The molecule has 0 unspecified atom stereocenters. The first kappa shape index (κ1) is 14.8. The van der Waals surface area contributed by atoms with E-state index >= 15 is 0 Å². The zero-order valence-electron chi connectivity index (χ0n) is 11.4. The summed E-state index contributed by atoms with van der Waals surface area (Å²) < 4.78 is 0. The molecule has 0 aromatic rings. The van der Waals surface area contributed by atoms with Gasteiger partial charge in [-0.2, -0.15) is 11.8 Å². The van der Waals surface area contributed by atoms with E-state index in [4.69, 9.17) is 0 Å². The summed E-state index contributed by atoms with van der Waals surface area (Å²) in [6, 6.07) is 0.491. The lowest BCUT2D eigenvalue weighted by Gasteiger charge is -2.32. The number of carbonyl (C=O) groups excluding carboxylic acids is 1. The second-order valence-corrected chi connectivity index (χ2v) is 6.01. The summed E-state index contributed by atoms with van der Waals surface area (Å²) in [5.41, 5.74) is 0. The van der Waals surface area contributed by atoms with Gasteiger partial charge in [0.1, 0.15) is 0 Å². The minimum Gasteiger partial charge on any atom is -0.342 e. The van der Waals surface area contributed by atoms with Crippen LogP contribution >= 0.6 is 11.8 Å². The molecule has 1 fully saturated rings. The minimum absolute atomic E-state index is 0.278. The van der Waals surface area contributed by atoms with Crippen LogP contribution < -0.4 is 0 Å². The maximum atomic E-state index is 12.1. The minimum atomic E-state index is 0.278. The Morgan fingerprint density at radius 2 is 1.88 bits per heavy atom. The molecule has 0 atom stereocenters. The molecular formula is C13H26N2OS. The van der Waals surface area contributed by atoms with Gasteiger partial charge < -0.3 is 4.90 Å². The Balaban J connectivity index is 2.29. The van der Waals surface area contributed by atoms with E-state index < -0.39 is 0 Å². The van der Waals surface area contributed by atoms with Crippen molar-refractivity contribution in [1.82, 2.24) is 9.80 Å². The Bertz CT molecular complexity index is 229. The van der Waals surface area contributed by atoms with Gasteiger partial charge in [-0.05, 0) is 26.1 Å². The van der Waals surface area contributed by atoms with Gasteiger partial charge in [0, 0.05) is 25.4 Å². The van der Waals surface area contributed by atoms with Crippen LogP contribution in [0.3, 0.4) is 0 Å². The van der Waals surface area contributed by atoms with Crippen molar-refractivity contribution < 1.29 is 4.79 Å². The molecule has 1 rings (SSSR count). The predicted molar refractivity (Wildman–Crippen MR) is 75.5 cm³/mol. The maximum Gasteiger partial charge on any atom is 0.236 e. The highest BCUT2D eigenvalue weighted by Crippen LogP contribution is 2.21. The maximum absolute atomic E-state index is 12.1. The summed E-state index contributed by atoms with van der Waals surface area (Å²) in [6.07, 6.45) is 8.39. The number of thioether (sulfide) groups is 1. The Morgan fingerprint density at radius 3 is 2.47 bits per heavy atom. The van der Waals surface area contributed by atoms with E-state index in [2.05, 4.69) is 11.2 Å². The third kappa shape index (κ3) is 5.30. The number of likely N-dealkylation sites (N-methyl/N-ethyl adjacent to an activating group) is 2. The van der Waals surface area contributed by atoms with Gasteiger partial charge in [-0.25, -0.2) is 0 Å².